The summed E-state index contributed by atoms with van der Waals surface area (Å²) in [5.41, 5.74) is 5.27. The minimum absolute atomic E-state index is 0.180. The highest BCUT2D eigenvalue weighted by Crippen LogP contribution is 2.39. The van der Waals surface area contributed by atoms with Crippen LogP contribution in [0, 0.1) is 0 Å². The number of hydrogen-bond donors (Lipinski definition) is 1. The molecule has 0 fully saturated rings. The predicted molar refractivity (Wildman–Crippen MR) is 218 cm³/mol. The van der Waals surface area contributed by atoms with E-state index in [0.29, 0.717) is 13.2 Å². The molecule has 52 heavy (non-hydrogen) atoms. The largest absolute Gasteiger partial charge is 0.636 e. The van der Waals surface area contributed by atoms with Gasteiger partial charge in [0.1, 0.15) is 0 Å². The fourth-order valence-electron chi connectivity index (χ4n) is 8.17. The molecule has 0 aliphatic rings. The monoisotopic (exact) mass is 678 g/mol. The van der Waals surface area contributed by atoms with Crippen molar-refractivity contribution in [2.45, 2.75) is 37.5 Å². The molecule has 8 aromatic rings. The van der Waals surface area contributed by atoms with Gasteiger partial charge in [0.2, 0.25) is 0 Å². The lowest BCUT2D eigenvalue weighted by atomic mass is 9.82. The third-order valence-electron chi connectivity index (χ3n) is 10.6. The lowest BCUT2D eigenvalue weighted by Crippen LogP contribution is -2.24. The summed E-state index contributed by atoms with van der Waals surface area (Å²) in [6.45, 7) is 0.809. The Bertz CT molecular complexity index is 2090. The van der Waals surface area contributed by atoms with Crippen molar-refractivity contribution >= 4 is 50.4 Å². The normalized spacial score (nSPS) is 11.8. The van der Waals surface area contributed by atoms with Crippen molar-refractivity contribution in [1.82, 2.24) is 0 Å². The van der Waals surface area contributed by atoms with E-state index in [-0.39, 0.29) is 11.8 Å². The maximum absolute atomic E-state index is 10.8. The van der Waals surface area contributed by atoms with Gasteiger partial charge in [0, 0.05) is 25.0 Å². The van der Waals surface area contributed by atoms with Crippen LogP contribution in [0.4, 0.5) is 0 Å². The van der Waals surface area contributed by atoms with Gasteiger partial charge in [-0.25, -0.2) is 0 Å². The molecule has 0 aliphatic heterocycles. The number of hydrogen-bond acceptors (Lipinski definition) is 3. The number of benzene rings is 8. The van der Waals surface area contributed by atoms with Gasteiger partial charge in [-0.1, -0.05) is 170 Å². The van der Waals surface area contributed by atoms with Gasteiger partial charge in [-0.2, -0.15) is 0 Å². The first-order valence-corrected chi connectivity index (χ1v) is 18.6. The average molecular weight is 679 g/mol. The highest BCUT2D eigenvalue weighted by molar-refractivity contribution is 6.34. The van der Waals surface area contributed by atoms with Crippen LogP contribution in [0.3, 0.4) is 0 Å². The first kappa shape index (κ1) is 33.9. The molecule has 0 spiro atoms. The molecule has 8 aromatic carbocycles. The maximum atomic E-state index is 10.8. The van der Waals surface area contributed by atoms with Crippen molar-refractivity contribution in [1.29, 1.82) is 0 Å². The Labute approximate surface area is 306 Å². The van der Waals surface area contributed by atoms with E-state index in [4.69, 9.17) is 9.31 Å². The summed E-state index contributed by atoms with van der Waals surface area (Å²) >= 11 is 0. The van der Waals surface area contributed by atoms with Crippen LogP contribution < -0.4 is 0 Å². The van der Waals surface area contributed by atoms with Gasteiger partial charge in [0.25, 0.3) is 0 Å². The van der Waals surface area contributed by atoms with Crippen molar-refractivity contribution in [3.8, 4) is 0 Å². The second-order valence-electron chi connectivity index (χ2n) is 13.7. The van der Waals surface area contributed by atoms with E-state index in [1.807, 2.05) is 0 Å². The lowest BCUT2D eigenvalue weighted by molar-refractivity contribution is 0.128. The number of rotatable bonds is 14. The molecule has 0 saturated heterocycles. The quantitative estimate of drug-likeness (QED) is 0.0919. The summed E-state index contributed by atoms with van der Waals surface area (Å²) in [6, 6.07) is 60.9. The molecule has 1 N–H and O–H groups in total. The molecule has 0 heterocycles. The summed E-state index contributed by atoms with van der Waals surface area (Å²) in [5, 5.41) is 20.8. The molecule has 4 heteroatoms. The first-order valence-electron chi connectivity index (χ1n) is 18.6. The van der Waals surface area contributed by atoms with Crippen molar-refractivity contribution in [3.63, 3.8) is 0 Å². The highest BCUT2D eigenvalue weighted by atomic mass is 16.7. The van der Waals surface area contributed by atoms with Crippen molar-refractivity contribution in [2.75, 3.05) is 13.2 Å². The van der Waals surface area contributed by atoms with E-state index < -0.39 is 7.32 Å². The van der Waals surface area contributed by atoms with E-state index in [1.165, 1.54) is 65.3 Å². The zero-order valence-electron chi connectivity index (χ0n) is 29.4. The molecule has 0 aromatic heterocycles. The molecule has 0 unspecified atom stereocenters. The van der Waals surface area contributed by atoms with Crippen LogP contribution in [0.15, 0.2) is 170 Å². The summed E-state index contributed by atoms with van der Waals surface area (Å²) in [6.07, 6.45) is 3.32. The molecule has 0 aliphatic carbocycles. The Morgan fingerprint density at radius 2 is 0.635 bits per heavy atom. The molecule has 0 saturated carbocycles. The second kappa shape index (κ2) is 16.0. The topological polar surface area (TPSA) is 38.7 Å². The highest BCUT2D eigenvalue weighted by Gasteiger charge is 2.22. The number of fused-ring (bicyclic) bond motifs is 4. The smallest absolute Gasteiger partial charge is 0.402 e. The minimum Gasteiger partial charge on any atom is -0.402 e. The van der Waals surface area contributed by atoms with Gasteiger partial charge < -0.3 is 14.3 Å². The molecule has 0 amide bonds. The SMILES string of the molecule is OB(OCCCC(c1cccc2ccccc12)c1cccc2ccccc12)OCCCC(c1cccc2ccccc12)c1cccc2ccccc12. The molecule has 8 rings (SSSR count). The Morgan fingerprint density at radius 1 is 0.365 bits per heavy atom. The van der Waals surface area contributed by atoms with Crippen LogP contribution in [-0.4, -0.2) is 25.6 Å². The van der Waals surface area contributed by atoms with Gasteiger partial charge in [0.15, 0.2) is 0 Å². The van der Waals surface area contributed by atoms with E-state index in [9.17, 15) is 5.02 Å². The predicted octanol–water partition coefficient (Wildman–Crippen LogP) is 11.8. The van der Waals surface area contributed by atoms with Gasteiger partial charge in [-0.3, -0.25) is 0 Å². The third kappa shape index (κ3) is 7.24. The van der Waals surface area contributed by atoms with Gasteiger partial charge >= 0.3 is 7.32 Å². The standard InChI is InChI=1S/C48H43BO3/c50-49(51-33-13-31-47(43-27-9-19-35-15-1-5-23-39(35)43)44-28-10-20-36-16-2-6-24-40(36)44)52-34-14-32-48(45-29-11-21-37-17-3-7-25-41(37)45)46-30-12-22-38-18-4-8-26-42(38)46/h1-12,15-30,47-48,50H,13-14,31-34H2. The third-order valence-corrected chi connectivity index (χ3v) is 10.6. The molecule has 0 radical (unpaired) electrons. The molecular formula is C48H43BO3. The molecular weight excluding hydrogens is 635 g/mol. The van der Waals surface area contributed by atoms with Crippen molar-refractivity contribution in [3.05, 3.63) is 192 Å². The summed E-state index contributed by atoms with van der Waals surface area (Å²) in [5.74, 6) is 0.359. The van der Waals surface area contributed by atoms with E-state index in [0.717, 1.165) is 25.7 Å². The van der Waals surface area contributed by atoms with Crippen molar-refractivity contribution in [2.24, 2.45) is 0 Å². The average Bonchev–Trinajstić information content (AvgIpc) is 3.20. The zero-order chi connectivity index (χ0) is 35.1. The van der Waals surface area contributed by atoms with Crippen LogP contribution in [0.1, 0.15) is 59.8 Å². The summed E-state index contributed by atoms with van der Waals surface area (Å²) in [7, 11) is -1.26. The molecule has 256 valence electrons. The second-order valence-corrected chi connectivity index (χ2v) is 13.7. The van der Waals surface area contributed by atoms with Crippen LogP contribution in [0.25, 0.3) is 43.1 Å². The fourth-order valence-corrected chi connectivity index (χ4v) is 8.17. The van der Waals surface area contributed by atoms with Gasteiger partial charge in [-0.05, 0) is 91.0 Å². The maximum Gasteiger partial charge on any atom is 0.636 e. The Morgan fingerprint density at radius 3 is 0.942 bits per heavy atom. The Kier molecular flexibility index (Phi) is 10.4. The first-order chi connectivity index (χ1) is 25.7. The zero-order valence-corrected chi connectivity index (χ0v) is 29.4. The molecule has 0 atom stereocenters. The Hall–Kier alpha value is -5.26. The minimum atomic E-state index is -1.26. The fraction of sp³-hybridized carbons (Fsp3) is 0.167. The Balaban J connectivity index is 0.932. The van der Waals surface area contributed by atoms with Crippen LogP contribution in [0.5, 0.6) is 0 Å². The van der Waals surface area contributed by atoms with E-state index in [2.05, 4.69) is 170 Å². The van der Waals surface area contributed by atoms with Crippen LogP contribution >= 0.6 is 0 Å². The summed E-state index contributed by atoms with van der Waals surface area (Å²) in [4.78, 5) is 0. The van der Waals surface area contributed by atoms with Gasteiger partial charge in [0.05, 0.1) is 0 Å². The van der Waals surface area contributed by atoms with Gasteiger partial charge in [-0.15, -0.1) is 0 Å². The van der Waals surface area contributed by atoms with E-state index in [1.54, 1.807) is 0 Å². The summed E-state index contributed by atoms with van der Waals surface area (Å²) < 4.78 is 11.7. The molecule has 0 bridgehead atoms. The van der Waals surface area contributed by atoms with Crippen LogP contribution in [0.2, 0.25) is 0 Å². The lowest BCUT2D eigenvalue weighted by Gasteiger charge is -2.22. The van der Waals surface area contributed by atoms with Crippen molar-refractivity contribution < 1.29 is 14.3 Å². The van der Waals surface area contributed by atoms with Crippen LogP contribution in [-0.2, 0) is 9.31 Å². The van der Waals surface area contributed by atoms with E-state index >= 15 is 0 Å². The molecule has 3 nitrogen and oxygen atoms in total.